The van der Waals surface area contributed by atoms with E-state index in [2.05, 4.69) is 10.6 Å². The van der Waals surface area contributed by atoms with E-state index in [1.807, 2.05) is 0 Å². The molecule has 1 saturated heterocycles. The van der Waals surface area contributed by atoms with Gasteiger partial charge in [0.1, 0.15) is 12.2 Å². The summed E-state index contributed by atoms with van der Waals surface area (Å²) in [5.74, 6) is -5.77. The Morgan fingerprint density at radius 1 is 1.29 bits per heavy atom. The summed E-state index contributed by atoms with van der Waals surface area (Å²) < 4.78 is 5.01. The number of carboxylic acid groups (broad SMARTS) is 1. The summed E-state index contributed by atoms with van der Waals surface area (Å²) in [7, 11) is 0. The first-order valence-electron chi connectivity index (χ1n) is 7.16. The van der Waals surface area contributed by atoms with Gasteiger partial charge in [-0.25, -0.2) is 4.79 Å². The molecule has 0 saturated carbocycles. The van der Waals surface area contributed by atoms with Gasteiger partial charge in [-0.05, 0) is 0 Å². The van der Waals surface area contributed by atoms with Crippen LogP contribution in [-0.2, 0) is 19.1 Å². The molecule has 0 aromatic heterocycles. The van der Waals surface area contributed by atoms with Crippen LogP contribution in [0, 0.1) is 0 Å². The maximum atomic E-state index is 11.3. The minimum Gasteiger partial charge on any atom is -0.477 e. The van der Waals surface area contributed by atoms with Crippen LogP contribution in [-0.4, -0.2) is 86.1 Å². The highest BCUT2D eigenvalue weighted by Crippen LogP contribution is 2.30. The zero-order valence-electron chi connectivity index (χ0n) is 13.2. The zero-order valence-corrected chi connectivity index (χ0v) is 13.2. The van der Waals surface area contributed by atoms with E-state index in [4.69, 9.17) is 9.84 Å². The number of aliphatic carboxylic acids is 1. The molecule has 1 heterocycles. The van der Waals surface area contributed by atoms with Gasteiger partial charge < -0.3 is 40.9 Å². The summed E-state index contributed by atoms with van der Waals surface area (Å²) in [6, 6.07) is -2.54. The van der Waals surface area contributed by atoms with Gasteiger partial charge >= 0.3 is 5.97 Å². The lowest BCUT2D eigenvalue weighted by atomic mass is 9.88. The molecule has 138 valence electrons. The number of ether oxygens (including phenoxy) is 1. The van der Waals surface area contributed by atoms with Crippen LogP contribution in [0.15, 0.2) is 0 Å². The maximum absolute atomic E-state index is 11.3. The van der Waals surface area contributed by atoms with E-state index in [-0.39, 0.29) is 0 Å². The molecule has 1 aliphatic heterocycles. The summed E-state index contributed by atoms with van der Waals surface area (Å²) >= 11 is 0. The van der Waals surface area contributed by atoms with E-state index in [9.17, 15) is 34.8 Å². The number of rotatable bonds is 6. The van der Waals surface area contributed by atoms with Gasteiger partial charge in [0.25, 0.3) is 5.79 Å². The largest absolute Gasteiger partial charge is 0.477 e. The fraction of sp³-hybridized carbons (Fsp3) is 0.769. The number of nitrogens with one attached hydrogen (secondary N) is 2. The Kier molecular flexibility index (Phi) is 6.63. The van der Waals surface area contributed by atoms with Gasteiger partial charge in [-0.1, -0.05) is 0 Å². The van der Waals surface area contributed by atoms with Gasteiger partial charge in [0, 0.05) is 20.3 Å². The highest BCUT2D eigenvalue weighted by molar-refractivity contribution is 5.76. The Labute approximate surface area is 137 Å². The second-order valence-electron chi connectivity index (χ2n) is 5.65. The molecule has 0 aromatic rings. The number of amides is 2. The molecule has 0 aliphatic carbocycles. The van der Waals surface area contributed by atoms with Crippen LogP contribution >= 0.6 is 0 Å². The average molecular weight is 350 g/mol. The van der Waals surface area contributed by atoms with Gasteiger partial charge in [0.2, 0.25) is 11.8 Å². The number of hydrogen-bond acceptors (Lipinski definition) is 8. The van der Waals surface area contributed by atoms with Crippen LogP contribution < -0.4 is 10.6 Å². The van der Waals surface area contributed by atoms with Gasteiger partial charge in [-0.2, -0.15) is 0 Å². The summed E-state index contributed by atoms with van der Waals surface area (Å²) in [5.41, 5.74) is 0. The van der Waals surface area contributed by atoms with E-state index in [0.29, 0.717) is 0 Å². The molecule has 0 spiro atoms. The molecule has 1 rings (SSSR count). The third-order valence-corrected chi connectivity index (χ3v) is 3.62. The normalized spacial score (nSPS) is 32.5. The van der Waals surface area contributed by atoms with Crippen molar-refractivity contribution in [1.82, 2.24) is 10.6 Å². The fourth-order valence-corrected chi connectivity index (χ4v) is 2.54. The minimum atomic E-state index is -2.80. The first-order chi connectivity index (χ1) is 11.0. The standard InChI is InChI=1S/C13H22N2O9/c1-5(17)14-7(4-16)10(20)11-9(15-6(2)18)8(19)3-13(23,24-11)12(21)22/h7-11,16,19-20,23H,3-4H2,1-2H3,(H,14,17)(H,15,18)(H,21,22)/t7-,8+,9-,10-,11-,13?/m1/s1. The molecule has 1 fully saturated rings. The Hall–Kier alpha value is -1.79. The van der Waals surface area contributed by atoms with Crippen molar-refractivity contribution in [3.05, 3.63) is 0 Å². The second kappa shape index (κ2) is 7.85. The van der Waals surface area contributed by atoms with E-state index < -0.39 is 67.0 Å². The molecule has 1 unspecified atom stereocenters. The topological polar surface area (TPSA) is 186 Å². The molecular formula is C13H22N2O9. The summed E-state index contributed by atoms with van der Waals surface area (Å²) in [5, 5.41) is 53.3. The lowest BCUT2D eigenvalue weighted by Crippen LogP contribution is -2.68. The molecule has 0 aromatic carbocycles. The molecule has 11 heteroatoms. The highest BCUT2D eigenvalue weighted by atomic mass is 16.7. The van der Waals surface area contributed by atoms with Crippen molar-refractivity contribution in [2.45, 2.75) is 56.5 Å². The predicted molar refractivity (Wildman–Crippen MR) is 76.4 cm³/mol. The lowest BCUT2D eigenvalue weighted by Gasteiger charge is -2.45. The van der Waals surface area contributed by atoms with Crippen LogP contribution in [0.5, 0.6) is 0 Å². The van der Waals surface area contributed by atoms with Gasteiger partial charge in [0.05, 0.1) is 24.8 Å². The Morgan fingerprint density at radius 2 is 1.88 bits per heavy atom. The van der Waals surface area contributed by atoms with Crippen molar-refractivity contribution in [1.29, 1.82) is 0 Å². The smallest absolute Gasteiger partial charge is 0.364 e. The number of aliphatic hydroxyl groups is 4. The Morgan fingerprint density at radius 3 is 2.29 bits per heavy atom. The van der Waals surface area contributed by atoms with Crippen LogP contribution in [0.25, 0.3) is 0 Å². The summed E-state index contributed by atoms with van der Waals surface area (Å²) in [6.45, 7) is 1.53. The number of carbonyl (C=O) groups is 3. The van der Waals surface area contributed by atoms with Crippen molar-refractivity contribution in [2.75, 3.05) is 6.61 Å². The SMILES string of the molecule is CC(=O)N[C@H]1[C@H]([C@H](O)[C@@H](CO)NC(C)=O)OC(O)(C(=O)O)C[C@@H]1O. The van der Waals surface area contributed by atoms with Crippen molar-refractivity contribution in [3.63, 3.8) is 0 Å². The third-order valence-electron chi connectivity index (χ3n) is 3.62. The van der Waals surface area contributed by atoms with Crippen molar-refractivity contribution >= 4 is 17.8 Å². The predicted octanol–water partition coefficient (Wildman–Crippen LogP) is -3.73. The molecule has 0 radical (unpaired) electrons. The minimum absolute atomic E-state index is 0.589. The highest BCUT2D eigenvalue weighted by Gasteiger charge is 2.54. The molecule has 2 amide bonds. The van der Waals surface area contributed by atoms with Gasteiger partial charge in [-0.3, -0.25) is 9.59 Å². The first kappa shape index (κ1) is 20.3. The molecule has 1 aliphatic rings. The van der Waals surface area contributed by atoms with Crippen LogP contribution in [0.2, 0.25) is 0 Å². The molecule has 24 heavy (non-hydrogen) atoms. The third kappa shape index (κ3) is 4.61. The van der Waals surface area contributed by atoms with Crippen molar-refractivity contribution in [2.24, 2.45) is 0 Å². The van der Waals surface area contributed by atoms with E-state index >= 15 is 0 Å². The number of carbonyl (C=O) groups excluding carboxylic acids is 2. The van der Waals surface area contributed by atoms with Crippen molar-refractivity contribution in [3.8, 4) is 0 Å². The molecular weight excluding hydrogens is 328 g/mol. The summed E-state index contributed by atoms with van der Waals surface area (Å²) in [6.07, 6.45) is -5.64. The number of carboxylic acids is 1. The Bertz CT molecular complexity index is 500. The lowest BCUT2D eigenvalue weighted by molar-refractivity contribution is -0.291. The number of hydrogen-bond donors (Lipinski definition) is 7. The zero-order chi connectivity index (χ0) is 18.7. The Balaban J connectivity index is 3.14. The quantitative estimate of drug-likeness (QED) is 0.253. The monoisotopic (exact) mass is 350 g/mol. The van der Waals surface area contributed by atoms with Crippen LogP contribution in [0.4, 0.5) is 0 Å². The molecule has 11 nitrogen and oxygen atoms in total. The van der Waals surface area contributed by atoms with Gasteiger partial charge in [-0.15, -0.1) is 0 Å². The van der Waals surface area contributed by atoms with Crippen LogP contribution in [0.3, 0.4) is 0 Å². The van der Waals surface area contributed by atoms with Crippen molar-refractivity contribution < 1.29 is 44.7 Å². The number of aliphatic hydroxyl groups excluding tert-OH is 3. The van der Waals surface area contributed by atoms with Gasteiger partial charge in [0.15, 0.2) is 0 Å². The first-order valence-corrected chi connectivity index (χ1v) is 7.16. The average Bonchev–Trinajstić information content (AvgIpc) is 2.46. The van der Waals surface area contributed by atoms with E-state index in [0.717, 1.165) is 13.8 Å². The van der Waals surface area contributed by atoms with Crippen LogP contribution in [0.1, 0.15) is 20.3 Å². The summed E-state index contributed by atoms with van der Waals surface area (Å²) in [4.78, 5) is 33.6. The van der Waals surface area contributed by atoms with E-state index in [1.165, 1.54) is 0 Å². The maximum Gasteiger partial charge on any atom is 0.364 e. The van der Waals surface area contributed by atoms with E-state index in [1.54, 1.807) is 0 Å². The molecule has 7 N–H and O–H groups in total. The molecule has 6 atom stereocenters. The fourth-order valence-electron chi connectivity index (χ4n) is 2.54. The molecule has 0 bridgehead atoms. The second-order valence-corrected chi connectivity index (χ2v) is 5.65.